The molecule has 1 saturated heterocycles. The van der Waals surface area contributed by atoms with E-state index in [1.165, 1.54) is 12.0 Å². The molecule has 6 atom stereocenters. The van der Waals surface area contributed by atoms with Crippen LogP contribution in [0.2, 0.25) is 0 Å². The van der Waals surface area contributed by atoms with E-state index in [0.29, 0.717) is 19.3 Å². The zero-order valence-corrected chi connectivity index (χ0v) is 27.1. The van der Waals surface area contributed by atoms with Crippen LogP contribution >= 0.6 is 0 Å². The molecule has 11 nitrogen and oxygen atoms in total. The van der Waals surface area contributed by atoms with Crippen LogP contribution in [0.4, 0.5) is 0 Å². The third kappa shape index (κ3) is 11.3. The van der Waals surface area contributed by atoms with Gasteiger partial charge in [0.25, 0.3) is 0 Å². The molecule has 0 aromatic rings. The minimum Gasteiger partial charge on any atom is -0.379 e. The quantitative estimate of drug-likeness (QED) is 0.254. The predicted octanol–water partition coefficient (Wildman–Crippen LogP) is 2.08. The van der Waals surface area contributed by atoms with Crippen LogP contribution in [0.15, 0.2) is 0 Å². The second kappa shape index (κ2) is 16.8. The van der Waals surface area contributed by atoms with Gasteiger partial charge in [-0.1, -0.05) is 41.5 Å². The zero-order valence-electron chi connectivity index (χ0n) is 27.1. The molecule has 0 radical (unpaired) electrons. The molecule has 3 N–H and O–H groups in total. The molecule has 0 spiro atoms. The number of hydrogen-bond acceptors (Lipinski definition) is 7. The summed E-state index contributed by atoms with van der Waals surface area (Å²) >= 11 is 0. The van der Waals surface area contributed by atoms with Gasteiger partial charge in [-0.15, -0.1) is 0 Å². The molecular formula is C30H55N5O6. The largest absolute Gasteiger partial charge is 0.379 e. The lowest BCUT2D eigenvalue weighted by Crippen LogP contribution is -2.57. The van der Waals surface area contributed by atoms with E-state index >= 15 is 0 Å². The molecule has 11 heteroatoms. The molecule has 0 aromatic heterocycles. The second-order valence-corrected chi connectivity index (χ2v) is 12.9. The molecule has 1 heterocycles. The molecule has 0 aliphatic carbocycles. The van der Waals surface area contributed by atoms with Crippen molar-refractivity contribution in [2.75, 3.05) is 21.2 Å². The van der Waals surface area contributed by atoms with Crippen LogP contribution < -0.4 is 16.0 Å². The molecule has 1 fully saturated rings. The second-order valence-electron chi connectivity index (χ2n) is 12.9. The first kappa shape index (κ1) is 36.5. The highest BCUT2D eigenvalue weighted by Crippen LogP contribution is 2.23. The maximum Gasteiger partial charge on any atom is 0.243 e. The standard InChI is InChI=1S/C30H55N5O6/c1-17(2)14-22(32-29(39)23(15-18(3)4)33-30(40)27(19(5)6)34(9)10)28(38)31-20(7)12-13-25(36)35-21(8)24(41-11)16-26(35)37/h17-24,27H,12-16H2,1-11H3,(H,31,38)(H,32,39)(H,33,40)/t20-,21-,22-,23-,24?,27-/m0/s1. The fraction of sp³-hybridized carbons (Fsp3) is 0.833. The van der Waals surface area contributed by atoms with E-state index in [1.807, 2.05) is 60.5 Å². The number of imide groups is 1. The van der Waals surface area contributed by atoms with Crippen molar-refractivity contribution in [3.8, 4) is 0 Å². The number of carbonyl (C=O) groups excluding carboxylic acids is 5. The smallest absolute Gasteiger partial charge is 0.243 e. The summed E-state index contributed by atoms with van der Waals surface area (Å²) in [5.74, 6) is -1.20. The average molecular weight is 582 g/mol. The molecular weight excluding hydrogens is 526 g/mol. The lowest BCUT2D eigenvalue weighted by Gasteiger charge is -2.30. The lowest BCUT2D eigenvalue weighted by molar-refractivity contribution is -0.144. The number of carbonyl (C=O) groups is 5. The van der Waals surface area contributed by atoms with E-state index in [1.54, 1.807) is 13.8 Å². The summed E-state index contributed by atoms with van der Waals surface area (Å²) in [5.41, 5.74) is 0. The van der Waals surface area contributed by atoms with Gasteiger partial charge in [-0.3, -0.25) is 33.8 Å². The Morgan fingerprint density at radius 2 is 1.37 bits per heavy atom. The topological polar surface area (TPSA) is 137 Å². The van der Waals surface area contributed by atoms with Crippen LogP contribution in [-0.4, -0.2) is 96.9 Å². The van der Waals surface area contributed by atoms with Crippen LogP contribution in [0, 0.1) is 17.8 Å². The van der Waals surface area contributed by atoms with Crippen molar-refractivity contribution >= 4 is 29.5 Å². The van der Waals surface area contributed by atoms with Crippen LogP contribution in [0.1, 0.15) is 87.5 Å². The van der Waals surface area contributed by atoms with Crippen molar-refractivity contribution in [1.82, 2.24) is 25.8 Å². The van der Waals surface area contributed by atoms with Crippen molar-refractivity contribution in [1.29, 1.82) is 0 Å². The van der Waals surface area contributed by atoms with E-state index in [9.17, 15) is 24.0 Å². The molecule has 1 unspecified atom stereocenters. The van der Waals surface area contributed by atoms with Gasteiger partial charge in [0.2, 0.25) is 29.5 Å². The summed E-state index contributed by atoms with van der Waals surface area (Å²) in [7, 11) is 5.19. The Balaban J connectivity index is 2.88. The van der Waals surface area contributed by atoms with Crippen LogP contribution in [0.3, 0.4) is 0 Å². The molecule has 1 rings (SSSR count). The highest BCUT2D eigenvalue weighted by molar-refractivity contribution is 5.98. The summed E-state index contributed by atoms with van der Waals surface area (Å²) in [5, 5.41) is 8.72. The third-order valence-electron chi connectivity index (χ3n) is 7.48. The SMILES string of the molecule is COC1CC(=O)N(C(=O)CC[C@H](C)NC(=O)[C@H](CC(C)C)NC(=O)[C@H](CC(C)C)NC(=O)[C@H](C(C)C)N(C)C)[C@H]1C. The number of rotatable bonds is 16. The van der Waals surface area contributed by atoms with Crippen LogP contribution in [-0.2, 0) is 28.7 Å². The van der Waals surface area contributed by atoms with Crippen molar-refractivity contribution in [3.05, 3.63) is 0 Å². The Labute approximate surface area is 246 Å². The molecule has 236 valence electrons. The normalized spacial score (nSPS) is 20.4. The van der Waals surface area contributed by atoms with E-state index in [-0.39, 0.29) is 72.4 Å². The molecule has 1 aliphatic heterocycles. The van der Waals surface area contributed by atoms with Gasteiger partial charge >= 0.3 is 0 Å². The lowest BCUT2D eigenvalue weighted by atomic mass is 9.98. The Kier molecular flexibility index (Phi) is 15.0. The number of hydrogen-bond donors (Lipinski definition) is 3. The van der Waals surface area contributed by atoms with Crippen molar-refractivity contribution < 1.29 is 28.7 Å². The van der Waals surface area contributed by atoms with Crippen molar-refractivity contribution in [2.45, 2.75) is 124 Å². The fourth-order valence-electron chi connectivity index (χ4n) is 5.43. The van der Waals surface area contributed by atoms with Crippen molar-refractivity contribution in [2.24, 2.45) is 17.8 Å². The Morgan fingerprint density at radius 1 is 0.878 bits per heavy atom. The van der Waals surface area contributed by atoms with E-state index in [0.717, 1.165) is 0 Å². The Hall–Kier alpha value is -2.53. The summed E-state index contributed by atoms with van der Waals surface area (Å²) in [6.45, 7) is 15.4. The van der Waals surface area contributed by atoms with Gasteiger partial charge in [0, 0.05) is 19.6 Å². The van der Waals surface area contributed by atoms with Gasteiger partial charge in [-0.05, 0) is 65.0 Å². The number of likely N-dealkylation sites (N-methyl/N-ethyl adjacent to an activating group) is 1. The van der Waals surface area contributed by atoms with Crippen molar-refractivity contribution in [3.63, 3.8) is 0 Å². The van der Waals surface area contributed by atoms with Gasteiger partial charge in [0.1, 0.15) is 12.1 Å². The minimum absolute atomic E-state index is 0.0498. The molecule has 0 aromatic carbocycles. The molecule has 0 saturated carbocycles. The molecule has 5 amide bonds. The Bertz CT molecular complexity index is 898. The van der Waals surface area contributed by atoms with Crippen LogP contribution in [0.5, 0.6) is 0 Å². The summed E-state index contributed by atoms with van der Waals surface area (Å²) in [6.07, 6.45) is 1.15. The molecule has 1 aliphatic rings. The maximum atomic E-state index is 13.4. The number of nitrogens with one attached hydrogen (secondary N) is 3. The number of methoxy groups -OCH3 is 1. The predicted molar refractivity (Wildman–Crippen MR) is 159 cm³/mol. The monoisotopic (exact) mass is 581 g/mol. The van der Waals surface area contributed by atoms with E-state index in [4.69, 9.17) is 4.74 Å². The number of ether oxygens (including phenoxy) is 1. The van der Waals surface area contributed by atoms with E-state index < -0.39 is 24.0 Å². The van der Waals surface area contributed by atoms with Crippen LogP contribution in [0.25, 0.3) is 0 Å². The number of nitrogens with zero attached hydrogens (tertiary/aromatic N) is 2. The first-order chi connectivity index (χ1) is 19.0. The van der Waals surface area contributed by atoms with Gasteiger partial charge in [0.05, 0.1) is 24.6 Å². The summed E-state index contributed by atoms with van der Waals surface area (Å²) in [4.78, 5) is 67.9. The summed E-state index contributed by atoms with van der Waals surface area (Å²) in [6, 6.07) is -2.66. The average Bonchev–Trinajstić information content (AvgIpc) is 3.13. The van der Waals surface area contributed by atoms with Gasteiger partial charge in [-0.25, -0.2) is 0 Å². The zero-order chi connectivity index (χ0) is 31.6. The third-order valence-corrected chi connectivity index (χ3v) is 7.48. The van der Waals surface area contributed by atoms with Gasteiger partial charge < -0.3 is 20.7 Å². The highest BCUT2D eigenvalue weighted by Gasteiger charge is 2.40. The maximum absolute atomic E-state index is 13.4. The van der Waals surface area contributed by atoms with Gasteiger partial charge in [-0.2, -0.15) is 0 Å². The Morgan fingerprint density at radius 3 is 1.78 bits per heavy atom. The summed E-state index contributed by atoms with van der Waals surface area (Å²) < 4.78 is 5.30. The molecule has 41 heavy (non-hydrogen) atoms. The minimum atomic E-state index is -0.801. The molecule has 0 bridgehead atoms. The number of amides is 5. The van der Waals surface area contributed by atoms with E-state index in [2.05, 4.69) is 16.0 Å². The van der Waals surface area contributed by atoms with Gasteiger partial charge in [0.15, 0.2) is 0 Å². The highest BCUT2D eigenvalue weighted by atomic mass is 16.5. The first-order valence-electron chi connectivity index (χ1n) is 14.9. The fourth-order valence-corrected chi connectivity index (χ4v) is 5.43. The number of likely N-dealkylation sites (tertiary alicyclic amines) is 1. The first-order valence-corrected chi connectivity index (χ1v) is 14.9.